The number of furan rings is 1. The third kappa shape index (κ3) is 9.13. The van der Waals surface area contributed by atoms with Crippen LogP contribution in [0.2, 0.25) is 19.6 Å². The number of rotatable bonds is 6. The molecule has 0 saturated carbocycles. The quantitative estimate of drug-likeness (QED) is 0.0925. The molecule has 7 rings (SSSR count). The van der Waals surface area contributed by atoms with E-state index in [1.54, 1.807) is 0 Å². The van der Waals surface area contributed by atoms with Gasteiger partial charge in [-0.25, -0.2) is 0 Å². The molecule has 3 nitrogen and oxygen atoms in total. The number of aryl methyl sites for hydroxylation is 2. The zero-order chi connectivity index (χ0) is 40.0. The Balaban J connectivity index is 0.000000244. The predicted octanol–water partition coefficient (Wildman–Crippen LogP) is 12.1. The summed E-state index contributed by atoms with van der Waals surface area (Å²) in [6.07, 6.45) is 5.26. The van der Waals surface area contributed by atoms with Crippen LogP contribution in [-0.2, 0) is 31.9 Å². The third-order valence-electron chi connectivity index (χ3n) is 10.7. The second kappa shape index (κ2) is 16.4. The minimum absolute atomic E-state index is 0. The van der Waals surface area contributed by atoms with Crippen molar-refractivity contribution < 1.29 is 33.7 Å². The van der Waals surface area contributed by atoms with E-state index in [1.165, 1.54) is 38.6 Å². The molecule has 0 aliphatic heterocycles. The SMILES string of the molecule is [CH2-]c1cc(C)c(C)cc1-c1ccc([Si](C)(C)C)c[n+]1[CH2-].[CH2-]c1cc2oc3cc(-c4cccc(C(C)(C)C)c4)ccc3c2cc1-c1cc(CC(C)C)cc[n+]1[CH2-].[Ir]. The molecule has 0 fully saturated rings. The maximum Gasteiger partial charge on any atom is 0.134 e. The minimum atomic E-state index is -1.30. The van der Waals surface area contributed by atoms with Crippen molar-refractivity contribution in [1.29, 1.82) is 0 Å². The molecule has 5 heteroatoms. The molecule has 0 amide bonds. The number of aromatic nitrogens is 2. The molecule has 4 aromatic carbocycles. The molecule has 0 N–H and O–H groups in total. The molecule has 0 aliphatic rings. The Morgan fingerprint density at radius 3 is 1.98 bits per heavy atom. The first-order valence-corrected chi connectivity index (χ1v) is 22.9. The molecule has 0 saturated heterocycles. The average molecular weight is 935 g/mol. The van der Waals surface area contributed by atoms with Crippen LogP contribution in [0.1, 0.15) is 68.0 Å². The zero-order valence-electron chi connectivity index (χ0n) is 35.1. The van der Waals surface area contributed by atoms with E-state index < -0.39 is 8.07 Å². The number of benzene rings is 4. The van der Waals surface area contributed by atoms with Crippen molar-refractivity contribution in [2.24, 2.45) is 5.92 Å². The Labute approximate surface area is 351 Å². The van der Waals surface area contributed by atoms with Gasteiger partial charge in [-0.1, -0.05) is 132 Å². The molecule has 1 radical (unpaired) electrons. The molecule has 0 spiro atoms. The van der Waals surface area contributed by atoms with Gasteiger partial charge >= 0.3 is 0 Å². The van der Waals surface area contributed by atoms with Crippen molar-refractivity contribution in [3.63, 3.8) is 0 Å². The van der Waals surface area contributed by atoms with Gasteiger partial charge in [-0.15, -0.1) is 34.9 Å². The molecular weight excluding hydrogens is 877 g/mol. The Bertz CT molecular complexity index is 2530. The molecule has 3 aromatic heterocycles. The predicted molar refractivity (Wildman–Crippen MR) is 237 cm³/mol. The molecule has 0 bridgehead atoms. The van der Waals surface area contributed by atoms with Crippen molar-refractivity contribution >= 4 is 35.2 Å². The fourth-order valence-corrected chi connectivity index (χ4v) is 8.33. The number of nitrogens with zero attached hydrogens (tertiary/aromatic N) is 2. The average Bonchev–Trinajstić information content (AvgIpc) is 3.46. The molecule has 0 unspecified atom stereocenters. The number of fused-ring (bicyclic) bond motifs is 3. The van der Waals surface area contributed by atoms with Crippen molar-refractivity contribution in [1.82, 2.24) is 0 Å². The van der Waals surface area contributed by atoms with E-state index in [9.17, 15) is 0 Å². The number of hydrogen-bond acceptors (Lipinski definition) is 1. The summed E-state index contributed by atoms with van der Waals surface area (Å²) >= 11 is 0. The second-order valence-electron chi connectivity index (χ2n) is 17.8. The van der Waals surface area contributed by atoms with Gasteiger partial charge in [-0.05, 0) is 53.5 Å². The molecule has 56 heavy (non-hydrogen) atoms. The van der Waals surface area contributed by atoms with Gasteiger partial charge in [0.1, 0.15) is 5.58 Å². The van der Waals surface area contributed by atoms with Gasteiger partial charge in [0.05, 0.1) is 37.4 Å². The summed E-state index contributed by atoms with van der Waals surface area (Å²) in [6, 6.07) is 32.8. The molecular formula is C51H58IrN2OSi-2. The van der Waals surface area contributed by atoms with E-state index in [2.05, 4.69) is 193 Å². The molecule has 293 valence electrons. The van der Waals surface area contributed by atoms with Crippen molar-refractivity contribution in [2.45, 2.75) is 79.9 Å². The first-order chi connectivity index (χ1) is 25.8. The van der Waals surface area contributed by atoms with Crippen LogP contribution in [0, 0.1) is 47.7 Å². The first-order valence-electron chi connectivity index (χ1n) is 19.4. The van der Waals surface area contributed by atoms with Crippen molar-refractivity contribution in [2.75, 3.05) is 0 Å². The molecule has 0 atom stereocenters. The van der Waals surface area contributed by atoms with E-state index >= 15 is 0 Å². The van der Waals surface area contributed by atoms with Crippen molar-refractivity contribution in [3.05, 3.63) is 165 Å². The normalized spacial score (nSPS) is 11.8. The van der Waals surface area contributed by atoms with Crippen molar-refractivity contribution in [3.8, 4) is 33.6 Å². The van der Waals surface area contributed by atoms with E-state index in [0.29, 0.717) is 5.92 Å². The minimum Gasteiger partial charge on any atom is -0.469 e. The Kier molecular flexibility index (Phi) is 12.5. The molecule has 7 aromatic rings. The maximum atomic E-state index is 6.33. The Morgan fingerprint density at radius 2 is 1.32 bits per heavy atom. The fourth-order valence-electron chi connectivity index (χ4n) is 7.20. The Morgan fingerprint density at radius 1 is 0.679 bits per heavy atom. The summed E-state index contributed by atoms with van der Waals surface area (Å²) in [5.74, 6) is 0.598. The van der Waals surface area contributed by atoms with Gasteiger partial charge in [0.2, 0.25) is 0 Å². The van der Waals surface area contributed by atoms with Crippen LogP contribution in [-0.4, -0.2) is 8.07 Å². The first kappa shape index (κ1) is 42.5. The van der Waals surface area contributed by atoms with Gasteiger partial charge in [0, 0.05) is 45.0 Å². The van der Waals surface area contributed by atoms with Gasteiger partial charge < -0.3 is 13.6 Å². The van der Waals surface area contributed by atoms with Crippen LogP contribution >= 0.6 is 0 Å². The van der Waals surface area contributed by atoms with Gasteiger partial charge in [-0.2, -0.15) is 31.0 Å². The molecule has 0 aliphatic carbocycles. The fraction of sp³-hybridized carbons (Fsp3) is 0.255. The monoisotopic (exact) mass is 935 g/mol. The smallest absolute Gasteiger partial charge is 0.134 e. The van der Waals surface area contributed by atoms with Crippen LogP contribution in [0.3, 0.4) is 0 Å². The summed E-state index contributed by atoms with van der Waals surface area (Å²) in [5.41, 5.74) is 15.9. The van der Waals surface area contributed by atoms with Gasteiger partial charge in [0.15, 0.2) is 0 Å². The van der Waals surface area contributed by atoms with Gasteiger partial charge in [0.25, 0.3) is 0 Å². The zero-order valence-corrected chi connectivity index (χ0v) is 38.5. The maximum absolute atomic E-state index is 6.33. The largest absolute Gasteiger partial charge is 0.469 e. The van der Waals surface area contributed by atoms with E-state index in [0.717, 1.165) is 62.0 Å². The summed E-state index contributed by atoms with van der Waals surface area (Å²) in [7, 11) is 7.10. The second-order valence-corrected chi connectivity index (χ2v) is 22.8. The van der Waals surface area contributed by atoms with Crippen LogP contribution in [0.4, 0.5) is 0 Å². The standard InChI is InChI=1S/C33H34NO.C18H24NSi.Ir/c1-21(2)15-23-13-14-34(7)30(17-23)28-20-29-27-12-11-25(19-32(27)35-31(29)16-22(28)3)24-9-8-10-26(18-24)33(4,5)6;1-13-10-15(3)17(11-14(13)2)18-9-8-16(12-19(18)4)20(5,6)7;/h8-14,16-21H,3,7,15H2,1-2,4-6H3;8-12H,3-4H2,1-2,5-7H3;/q2*-1;. The van der Waals surface area contributed by atoms with E-state index in [1.807, 2.05) is 15.3 Å². The summed E-state index contributed by atoms with van der Waals surface area (Å²) in [4.78, 5) is 0. The van der Waals surface area contributed by atoms with E-state index in [4.69, 9.17) is 4.42 Å². The van der Waals surface area contributed by atoms with E-state index in [-0.39, 0.29) is 25.5 Å². The van der Waals surface area contributed by atoms with Crippen LogP contribution < -0.4 is 14.3 Å². The summed E-state index contributed by atoms with van der Waals surface area (Å²) in [6.45, 7) is 31.1. The van der Waals surface area contributed by atoms with Crippen LogP contribution in [0.25, 0.3) is 55.6 Å². The molecule has 3 heterocycles. The summed E-state index contributed by atoms with van der Waals surface area (Å²) in [5, 5.41) is 3.64. The number of hydrogen-bond donors (Lipinski definition) is 0. The van der Waals surface area contributed by atoms with Crippen LogP contribution in [0.5, 0.6) is 0 Å². The summed E-state index contributed by atoms with van der Waals surface area (Å²) < 4.78 is 10.3. The Hall–Kier alpha value is -4.67. The third-order valence-corrected chi connectivity index (χ3v) is 12.7. The van der Waals surface area contributed by atoms with Gasteiger partial charge in [-0.3, -0.25) is 0 Å². The number of pyridine rings is 2. The van der Waals surface area contributed by atoms with Crippen LogP contribution in [0.15, 0.2) is 108 Å². The topological polar surface area (TPSA) is 20.9 Å².